The minimum absolute atomic E-state index is 0.154. The van der Waals surface area contributed by atoms with Crippen molar-refractivity contribution in [2.24, 2.45) is 0 Å². The second-order valence-corrected chi connectivity index (χ2v) is 4.03. The Hall–Kier alpha value is -1.83. The van der Waals surface area contributed by atoms with Gasteiger partial charge in [-0.05, 0) is 42.7 Å². The third kappa shape index (κ3) is 3.91. The Kier molecular flexibility index (Phi) is 4.14. The van der Waals surface area contributed by atoms with Crippen LogP contribution in [-0.2, 0) is 6.42 Å². The van der Waals surface area contributed by atoms with E-state index in [1.54, 1.807) is 12.1 Å². The van der Waals surface area contributed by atoms with Gasteiger partial charge in [-0.3, -0.25) is 0 Å². The standard InChI is InChI=1S/C15H16FN/c16-14-8-4-6-13(12-14)7-5-11-17-15-9-2-1-3-10-15/h1-4,6,8-10,12,17H,5,7,11H2. The second kappa shape index (κ2) is 6.04. The monoisotopic (exact) mass is 229 g/mol. The fourth-order valence-corrected chi connectivity index (χ4v) is 1.77. The lowest BCUT2D eigenvalue weighted by atomic mass is 10.1. The molecule has 0 amide bonds. The summed E-state index contributed by atoms with van der Waals surface area (Å²) >= 11 is 0. The molecule has 0 aromatic heterocycles. The van der Waals surface area contributed by atoms with Gasteiger partial charge in [0.2, 0.25) is 0 Å². The lowest BCUT2D eigenvalue weighted by molar-refractivity contribution is 0.625. The summed E-state index contributed by atoms with van der Waals surface area (Å²) in [7, 11) is 0. The Morgan fingerprint density at radius 3 is 2.53 bits per heavy atom. The van der Waals surface area contributed by atoms with E-state index < -0.39 is 0 Å². The van der Waals surface area contributed by atoms with Crippen molar-refractivity contribution in [3.05, 3.63) is 66.0 Å². The zero-order chi connectivity index (χ0) is 11.9. The van der Waals surface area contributed by atoms with Crippen molar-refractivity contribution in [2.45, 2.75) is 12.8 Å². The van der Waals surface area contributed by atoms with Crippen molar-refractivity contribution in [3.8, 4) is 0 Å². The third-order valence-electron chi connectivity index (χ3n) is 2.63. The molecule has 2 rings (SSSR count). The number of nitrogens with one attached hydrogen (secondary N) is 1. The molecule has 2 aromatic rings. The van der Waals surface area contributed by atoms with Gasteiger partial charge in [-0.25, -0.2) is 4.39 Å². The number of hydrogen-bond donors (Lipinski definition) is 1. The maximum absolute atomic E-state index is 12.9. The molecular weight excluding hydrogens is 213 g/mol. The Morgan fingerprint density at radius 2 is 1.76 bits per heavy atom. The number of anilines is 1. The van der Waals surface area contributed by atoms with Crippen molar-refractivity contribution in [1.82, 2.24) is 0 Å². The van der Waals surface area contributed by atoms with E-state index in [1.165, 1.54) is 6.07 Å². The smallest absolute Gasteiger partial charge is 0.123 e. The number of halogens is 1. The number of aryl methyl sites for hydroxylation is 1. The molecule has 17 heavy (non-hydrogen) atoms. The van der Waals surface area contributed by atoms with Crippen LogP contribution in [0.5, 0.6) is 0 Å². The van der Waals surface area contributed by atoms with Gasteiger partial charge in [0.15, 0.2) is 0 Å². The van der Waals surface area contributed by atoms with Crippen LogP contribution in [0.4, 0.5) is 10.1 Å². The topological polar surface area (TPSA) is 12.0 Å². The number of para-hydroxylation sites is 1. The van der Waals surface area contributed by atoms with E-state index in [-0.39, 0.29) is 5.82 Å². The average molecular weight is 229 g/mol. The largest absolute Gasteiger partial charge is 0.385 e. The van der Waals surface area contributed by atoms with Gasteiger partial charge in [-0.15, -0.1) is 0 Å². The fraction of sp³-hybridized carbons (Fsp3) is 0.200. The Balaban J connectivity index is 1.73. The highest BCUT2D eigenvalue weighted by molar-refractivity contribution is 5.42. The first-order chi connectivity index (χ1) is 8.34. The number of benzene rings is 2. The van der Waals surface area contributed by atoms with Crippen molar-refractivity contribution in [3.63, 3.8) is 0 Å². The second-order valence-electron chi connectivity index (χ2n) is 4.03. The van der Waals surface area contributed by atoms with Crippen LogP contribution in [0.15, 0.2) is 54.6 Å². The van der Waals surface area contributed by atoms with E-state index >= 15 is 0 Å². The predicted octanol–water partition coefficient (Wildman–Crippen LogP) is 3.87. The van der Waals surface area contributed by atoms with Crippen LogP contribution >= 0.6 is 0 Å². The Morgan fingerprint density at radius 1 is 0.941 bits per heavy atom. The van der Waals surface area contributed by atoms with Gasteiger partial charge in [0.1, 0.15) is 5.82 Å². The zero-order valence-corrected chi connectivity index (χ0v) is 9.70. The first-order valence-electron chi connectivity index (χ1n) is 5.88. The highest BCUT2D eigenvalue weighted by Crippen LogP contribution is 2.08. The molecule has 0 saturated carbocycles. The van der Waals surface area contributed by atoms with Crippen molar-refractivity contribution < 1.29 is 4.39 Å². The molecule has 0 aliphatic rings. The summed E-state index contributed by atoms with van der Waals surface area (Å²) in [6, 6.07) is 16.9. The van der Waals surface area contributed by atoms with Crippen LogP contribution in [0.3, 0.4) is 0 Å². The molecule has 0 fully saturated rings. The van der Waals surface area contributed by atoms with Gasteiger partial charge in [0.25, 0.3) is 0 Å². The molecule has 0 saturated heterocycles. The Labute approximate surface area is 101 Å². The van der Waals surface area contributed by atoms with Gasteiger partial charge in [-0.1, -0.05) is 30.3 Å². The summed E-state index contributed by atoms with van der Waals surface area (Å²) in [6.07, 6.45) is 1.90. The van der Waals surface area contributed by atoms with Crippen LogP contribution in [0.25, 0.3) is 0 Å². The molecule has 0 unspecified atom stereocenters. The van der Waals surface area contributed by atoms with Crippen LogP contribution in [0, 0.1) is 5.82 Å². The molecule has 88 valence electrons. The maximum Gasteiger partial charge on any atom is 0.123 e. The lowest BCUT2D eigenvalue weighted by Gasteiger charge is -2.06. The summed E-state index contributed by atoms with van der Waals surface area (Å²) in [5.41, 5.74) is 2.19. The molecule has 0 atom stereocenters. The summed E-state index contributed by atoms with van der Waals surface area (Å²) in [6.45, 7) is 0.903. The quantitative estimate of drug-likeness (QED) is 0.767. The van der Waals surface area contributed by atoms with Crippen molar-refractivity contribution in [1.29, 1.82) is 0 Å². The molecule has 0 radical (unpaired) electrons. The highest BCUT2D eigenvalue weighted by Gasteiger charge is 1.95. The van der Waals surface area contributed by atoms with E-state index in [4.69, 9.17) is 0 Å². The summed E-state index contributed by atoms with van der Waals surface area (Å²) in [5, 5.41) is 3.34. The fourth-order valence-electron chi connectivity index (χ4n) is 1.77. The van der Waals surface area contributed by atoms with Gasteiger partial charge in [-0.2, -0.15) is 0 Å². The molecule has 1 nitrogen and oxygen atoms in total. The molecule has 1 N–H and O–H groups in total. The molecule has 0 spiro atoms. The van der Waals surface area contributed by atoms with E-state index in [1.807, 2.05) is 36.4 Å². The zero-order valence-electron chi connectivity index (χ0n) is 9.70. The molecule has 0 bridgehead atoms. The highest BCUT2D eigenvalue weighted by atomic mass is 19.1. The first-order valence-corrected chi connectivity index (χ1v) is 5.88. The summed E-state index contributed by atoms with van der Waals surface area (Å²) in [5.74, 6) is -0.154. The van der Waals surface area contributed by atoms with Crippen molar-refractivity contribution in [2.75, 3.05) is 11.9 Å². The molecule has 2 heteroatoms. The summed E-state index contributed by atoms with van der Waals surface area (Å²) in [4.78, 5) is 0. The molecule has 0 aliphatic heterocycles. The van der Waals surface area contributed by atoms with Gasteiger partial charge < -0.3 is 5.32 Å². The van der Waals surface area contributed by atoms with Gasteiger partial charge in [0, 0.05) is 12.2 Å². The van der Waals surface area contributed by atoms with E-state index in [2.05, 4.69) is 5.32 Å². The normalized spacial score (nSPS) is 10.2. The third-order valence-corrected chi connectivity index (χ3v) is 2.63. The van der Waals surface area contributed by atoms with Crippen LogP contribution in [0.2, 0.25) is 0 Å². The SMILES string of the molecule is Fc1cccc(CCCNc2ccccc2)c1. The van der Waals surface area contributed by atoms with Crippen molar-refractivity contribution >= 4 is 5.69 Å². The first kappa shape index (κ1) is 11.6. The predicted molar refractivity (Wildman–Crippen MR) is 69.7 cm³/mol. The maximum atomic E-state index is 12.9. The Bertz CT molecular complexity index is 453. The minimum atomic E-state index is -0.154. The minimum Gasteiger partial charge on any atom is -0.385 e. The molecule has 0 aliphatic carbocycles. The number of rotatable bonds is 5. The van der Waals surface area contributed by atoms with Crippen LogP contribution in [0.1, 0.15) is 12.0 Å². The summed E-state index contributed by atoms with van der Waals surface area (Å²) < 4.78 is 12.9. The lowest BCUT2D eigenvalue weighted by Crippen LogP contribution is -2.02. The van der Waals surface area contributed by atoms with Crippen LogP contribution < -0.4 is 5.32 Å². The number of hydrogen-bond acceptors (Lipinski definition) is 1. The molecule has 0 heterocycles. The van der Waals surface area contributed by atoms with E-state index in [9.17, 15) is 4.39 Å². The molecule has 2 aromatic carbocycles. The molecular formula is C15H16FN. The van der Waals surface area contributed by atoms with Crippen LogP contribution in [-0.4, -0.2) is 6.54 Å². The van der Waals surface area contributed by atoms with Gasteiger partial charge in [0.05, 0.1) is 0 Å². The van der Waals surface area contributed by atoms with E-state index in [0.717, 1.165) is 30.6 Å². The average Bonchev–Trinajstić information content (AvgIpc) is 2.36. The van der Waals surface area contributed by atoms with Gasteiger partial charge >= 0.3 is 0 Å². The van der Waals surface area contributed by atoms with E-state index in [0.29, 0.717) is 0 Å².